The predicted octanol–water partition coefficient (Wildman–Crippen LogP) is 3.97. The van der Waals surface area contributed by atoms with E-state index in [9.17, 15) is 5.26 Å². The summed E-state index contributed by atoms with van der Waals surface area (Å²) in [5.41, 5.74) is 9.21. The quantitative estimate of drug-likeness (QED) is 0.619. The van der Waals surface area contributed by atoms with Gasteiger partial charge in [0.05, 0.1) is 38.5 Å². The van der Waals surface area contributed by atoms with E-state index in [0.29, 0.717) is 45.0 Å². The fourth-order valence-corrected chi connectivity index (χ4v) is 3.81. The molecule has 9 heteroatoms. The molecule has 1 atom stereocenters. The molecule has 1 aromatic heterocycles. The van der Waals surface area contributed by atoms with Crippen LogP contribution in [0.1, 0.15) is 17.0 Å². The van der Waals surface area contributed by atoms with E-state index in [2.05, 4.69) is 16.3 Å². The van der Waals surface area contributed by atoms with Crippen LogP contribution in [0.15, 0.2) is 47.9 Å². The van der Waals surface area contributed by atoms with Crippen LogP contribution in [0.25, 0.3) is 11.3 Å². The highest BCUT2D eigenvalue weighted by molar-refractivity contribution is 6.30. The van der Waals surface area contributed by atoms with Gasteiger partial charge in [-0.2, -0.15) is 5.26 Å². The molecular formula is C22H19ClN4O4. The Morgan fingerprint density at radius 1 is 1.10 bits per heavy atom. The summed E-state index contributed by atoms with van der Waals surface area (Å²) in [6.07, 6.45) is 0. The molecule has 0 fully saturated rings. The SMILES string of the molecule is COc1cc([C@H]2C(C#N)=C(N)Oc3n[nH]c(-c4ccc(Cl)cc4)c32)cc(OC)c1OC. The molecule has 31 heavy (non-hydrogen) atoms. The average Bonchev–Trinajstić information content (AvgIpc) is 3.20. The molecular weight excluding hydrogens is 420 g/mol. The third-order valence-electron chi connectivity index (χ3n) is 5.09. The lowest BCUT2D eigenvalue weighted by Gasteiger charge is -2.25. The molecule has 0 unspecified atom stereocenters. The number of rotatable bonds is 5. The lowest BCUT2D eigenvalue weighted by molar-refractivity contribution is 0.323. The maximum absolute atomic E-state index is 9.90. The van der Waals surface area contributed by atoms with Gasteiger partial charge < -0.3 is 24.7 Å². The van der Waals surface area contributed by atoms with Crippen LogP contribution in [0.3, 0.4) is 0 Å². The van der Waals surface area contributed by atoms with E-state index in [4.69, 9.17) is 36.3 Å². The van der Waals surface area contributed by atoms with Crippen molar-refractivity contribution in [2.24, 2.45) is 5.73 Å². The second-order valence-electron chi connectivity index (χ2n) is 6.71. The first kappa shape index (κ1) is 20.4. The monoisotopic (exact) mass is 438 g/mol. The lowest BCUT2D eigenvalue weighted by atomic mass is 9.82. The number of aromatic nitrogens is 2. The van der Waals surface area contributed by atoms with Crippen molar-refractivity contribution in [3.8, 4) is 40.5 Å². The van der Waals surface area contributed by atoms with Crippen LogP contribution in [-0.4, -0.2) is 31.5 Å². The highest BCUT2D eigenvalue weighted by Crippen LogP contribution is 2.49. The van der Waals surface area contributed by atoms with Gasteiger partial charge in [0, 0.05) is 10.6 Å². The molecule has 3 N–H and O–H groups in total. The topological polar surface area (TPSA) is 115 Å². The number of fused-ring (bicyclic) bond motifs is 1. The van der Waals surface area contributed by atoms with Gasteiger partial charge in [-0.25, -0.2) is 0 Å². The van der Waals surface area contributed by atoms with Crippen molar-refractivity contribution < 1.29 is 18.9 Å². The third-order valence-corrected chi connectivity index (χ3v) is 5.34. The number of methoxy groups -OCH3 is 3. The number of H-pyrrole nitrogens is 1. The Morgan fingerprint density at radius 2 is 1.74 bits per heavy atom. The second-order valence-corrected chi connectivity index (χ2v) is 7.14. The molecule has 4 rings (SSSR count). The van der Waals surface area contributed by atoms with Crippen molar-refractivity contribution in [1.29, 1.82) is 5.26 Å². The number of aromatic amines is 1. The molecule has 0 saturated carbocycles. The van der Waals surface area contributed by atoms with E-state index in [1.54, 1.807) is 24.3 Å². The molecule has 158 valence electrons. The zero-order chi connectivity index (χ0) is 22.1. The van der Waals surface area contributed by atoms with Crippen molar-refractivity contribution in [2.45, 2.75) is 5.92 Å². The van der Waals surface area contributed by atoms with Crippen molar-refractivity contribution in [3.05, 3.63) is 64.0 Å². The van der Waals surface area contributed by atoms with Gasteiger partial charge in [-0.15, -0.1) is 5.10 Å². The maximum atomic E-state index is 9.90. The summed E-state index contributed by atoms with van der Waals surface area (Å²) in [6, 6.07) is 13.0. The molecule has 0 bridgehead atoms. The summed E-state index contributed by atoms with van der Waals surface area (Å²) in [4.78, 5) is 0. The van der Waals surface area contributed by atoms with Crippen molar-refractivity contribution in [1.82, 2.24) is 10.2 Å². The van der Waals surface area contributed by atoms with Crippen LogP contribution in [0.5, 0.6) is 23.1 Å². The summed E-state index contributed by atoms with van der Waals surface area (Å²) in [5.74, 6) is 1.06. The summed E-state index contributed by atoms with van der Waals surface area (Å²) in [5, 5.41) is 17.8. The molecule has 1 aliphatic heterocycles. The van der Waals surface area contributed by atoms with Gasteiger partial charge in [0.2, 0.25) is 17.5 Å². The smallest absolute Gasteiger partial charge is 0.244 e. The standard InChI is InChI=1S/C22H19ClN4O4/c1-28-15-8-12(9-16(29-2)20(15)30-3)17-14(10-24)21(25)31-22-18(17)19(26-27-22)11-4-6-13(23)7-5-11/h4-9,17H,25H2,1-3H3,(H,26,27)/t17-/m0/s1. The summed E-state index contributed by atoms with van der Waals surface area (Å²) < 4.78 is 22.1. The number of allylic oxidation sites excluding steroid dienone is 1. The zero-order valence-electron chi connectivity index (χ0n) is 17.0. The molecule has 8 nitrogen and oxygen atoms in total. The van der Waals surface area contributed by atoms with Gasteiger partial charge in [-0.3, -0.25) is 5.10 Å². The average molecular weight is 439 g/mol. The van der Waals surface area contributed by atoms with Gasteiger partial charge >= 0.3 is 0 Å². The second kappa shape index (κ2) is 8.13. The summed E-state index contributed by atoms with van der Waals surface area (Å²) >= 11 is 6.04. The molecule has 1 aliphatic rings. The fourth-order valence-electron chi connectivity index (χ4n) is 3.68. The van der Waals surface area contributed by atoms with Gasteiger partial charge in [-0.1, -0.05) is 23.7 Å². The maximum Gasteiger partial charge on any atom is 0.244 e. The minimum Gasteiger partial charge on any atom is -0.493 e. The molecule has 0 spiro atoms. The molecule has 2 heterocycles. The van der Waals surface area contributed by atoms with E-state index in [-0.39, 0.29) is 11.5 Å². The third kappa shape index (κ3) is 3.39. The molecule has 2 aromatic carbocycles. The Kier molecular flexibility index (Phi) is 5.36. The molecule has 0 aliphatic carbocycles. The highest BCUT2D eigenvalue weighted by Gasteiger charge is 2.36. The normalized spacial score (nSPS) is 15.0. The Morgan fingerprint density at radius 3 is 2.29 bits per heavy atom. The first-order valence-corrected chi connectivity index (χ1v) is 9.61. The first-order valence-electron chi connectivity index (χ1n) is 9.24. The summed E-state index contributed by atoms with van der Waals surface area (Å²) in [6.45, 7) is 0. The van der Waals surface area contributed by atoms with Crippen molar-refractivity contribution >= 4 is 11.6 Å². The zero-order valence-corrected chi connectivity index (χ0v) is 17.8. The molecule has 0 radical (unpaired) electrons. The van der Waals surface area contributed by atoms with Gasteiger partial charge in [0.15, 0.2) is 11.5 Å². The predicted molar refractivity (Wildman–Crippen MR) is 114 cm³/mol. The number of benzene rings is 2. The van der Waals surface area contributed by atoms with Crippen LogP contribution in [0.4, 0.5) is 0 Å². The van der Waals surface area contributed by atoms with Crippen LogP contribution in [0, 0.1) is 11.3 Å². The number of ether oxygens (including phenoxy) is 4. The van der Waals surface area contributed by atoms with Crippen LogP contribution < -0.4 is 24.7 Å². The van der Waals surface area contributed by atoms with Crippen molar-refractivity contribution in [2.75, 3.05) is 21.3 Å². The van der Waals surface area contributed by atoms with E-state index >= 15 is 0 Å². The van der Waals surface area contributed by atoms with E-state index < -0.39 is 5.92 Å². The van der Waals surface area contributed by atoms with Crippen LogP contribution >= 0.6 is 11.6 Å². The van der Waals surface area contributed by atoms with Gasteiger partial charge in [0.25, 0.3) is 0 Å². The Balaban J connectivity index is 1.97. The number of nitrogens with one attached hydrogen (secondary N) is 1. The number of halogens is 1. The number of nitriles is 1. The van der Waals surface area contributed by atoms with E-state index in [1.165, 1.54) is 21.3 Å². The minimum atomic E-state index is -0.577. The lowest BCUT2D eigenvalue weighted by Crippen LogP contribution is -2.21. The number of nitrogens with two attached hydrogens (primary N) is 1. The fraction of sp³-hybridized carbons (Fsp3) is 0.182. The number of hydrogen-bond acceptors (Lipinski definition) is 7. The number of nitrogens with zero attached hydrogens (tertiary/aromatic N) is 2. The number of hydrogen-bond donors (Lipinski definition) is 2. The summed E-state index contributed by atoms with van der Waals surface area (Å²) in [7, 11) is 4.59. The van der Waals surface area contributed by atoms with Crippen molar-refractivity contribution in [3.63, 3.8) is 0 Å². The van der Waals surface area contributed by atoms with Crippen LogP contribution in [0.2, 0.25) is 5.02 Å². The largest absolute Gasteiger partial charge is 0.493 e. The van der Waals surface area contributed by atoms with Gasteiger partial charge in [0.1, 0.15) is 11.6 Å². The van der Waals surface area contributed by atoms with Crippen LogP contribution in [-0.2, 0) is 0 Å². The van der Waals surface area contributed by atoms with E-state index in [0.717, 1.165) is 5.56 Å². The van der Waals surface area contributed by atoms with Gasteiger partial charge in [-0.05, 0) is 29.8 Å². The first-order chi connectivity index (χ1) is 15.0. The minimum absolute atomic E-state index is 0.0112. The molecule has 3 aromatic rings. The van der Waals surface area contributed by atoms with E-state index in [1.807, 2.05) is 12.1 Å². The Bertz CT molecular complexity index is 1190. The Labute approximate surface area is 183 Å². The molecule has 0 amide bonds. The highest BCUT2D eigenvalue weighted by atomic mass is 35.5. The molecule has 0 saturated heterocycles. The Hall–Kier alpha value is -3.83.